The van der Waals surface area contributed by atoms with E-state index in [-0.39, 0.29) is 17.6 Å². The molecular formula is C21H24N4O3. The third kappa shape index (κ3) is 3.32. The van der Waals surface area contributed by atoms with Gasteiger partial charge in [-0.05, 0) is 51.7 Å². The van der Waals surface area contributed by atoms with Gasteiger partial charge in [-0.1, -0.05) is 24.6 Å². The highest BCUT2D eigenvalue weighted by molar-refractivity contribution is 5.77. The molecule has 1 saturated carbocycles. The topological polar surface area (TPSA) is 79.0 Å². The molecule has 7 heteroatoms. The minimum atomic E-state index is -0.730. The monoisotopic (exact) mass is 380 g/mol. The van der Waals surface area contributed by atoms with Crippen LogP contribution in [0.15, 0.2) is 41.3 Å². The van der Waals surface area contributed by atoms with Crippen molar-refractivity contribution in [1.82, 2.24) is 19.3 Å². The first kappa shape index (κ1) is 18.4. The fourth-order valence-electron chi connectivity index (χ4n) is 3.85. The smallest absolute Gasteiger partial charge is 0.329 e. The van der Waals surface area contributed by atoms with Crippen LogP contribution in [0.3, 0.4) is 0 Å². The number of aryl methyl sites for hydroxylation is 1. The molecule has 1 aliphatic carbocycles. The molecule has 1 aliphatic rings. The number of hydrogen-bond donors (Lipinski definition) is 0. The molecule has 0 saturated heterocycles. The molecule has 2 aromatic heterocycles. The molecule has 7 nitrogen and oxygen atoms in total. The zero-order valence-corrected chi connectivity index (χ0v) is 16.2. The lowest BCUT2D eigenvalue weighted by Crippen LogP contribution is -2.34. The maximum atomic E-state index is 13.1. The van der Waals surface area contributed by atoms with E-state index in [9.17, 15) is 9.59 Å². The van der Waals surface area contributed by atoms with Crippen LogP contribution in [0.4, 0.5) is 0 Å². The number of esters is 1. The van der Waals surface area contributed by atoms with E-state index < -0.39 is 6.04 Å². The summed E-state index contributed by atoms with van der Waals surface area (Å²) in [5.74, 6) is 0.0805. The third-order valence-corrected chi connectivity index (χ3v) is 5.37. The van der Waals surface area contributed by atoms with Gasteiger partial charge < -0.3 is 4.74 Å². The summed E-state index contributed by atoms with van der Waals surface area (Å²) in [6, 6.07) is 8.80. The molecule has 0 bridgehead atoms. The Labute approximate surface area is 163 Å². The lowest BCUT2D eigenvalue weighted by atomic mass is 9.98. The van der Waals surface area contributed by atoms with Gasteiger partial charge in [0.2, 0.25) is 0 Å². The van der Waals surface area contributed by atoms with Crippen molar-refractivity contribution in [3.05, 3.63) is 52.7 Å². The Kier molecular flexibility index (Phi) is 4.98. The molecule has 0 radical (unpaired) electrons. The van der Waals surface area contributed by atoms with Crippen molar-refractivity contribution >= 4 is 17.0 Å². The summed E-state index contributed by atoms with van der Waals surface area (Å²) in [4.78, 5) is 30.3. The quantitative estimate of drug-likeness (QED) is 0.649. The summed E-state index contributed by atoms with van der Waals surface area (Å²) < 4.78 is 8.70. The molecule has 28 heavy (non-hydrogen) atoms. The van der Waals surface area contributed by atoms with E-state index in [2.05, 4.69) is 10.1 Å². The summed E-state index contributed by atoms with van der Waals surface area (Å²) in [5, 5.41) is 4.71. The lowest BCUT2D eigenvalue weighted by molar-refractivity contribution is -0.154. The maximum Gasteiger partial charge on any atom is 0.329 e. The van der Waals surface area contributed by atoms with E-state index in [1.807, 2.05) is 30.3 Å². The van der Waals surface area contributed by atoms with E-state index in [1.165, 1.54) is 17.2 Å². The molecule has 1 atom stereocenters. The van der Waals surface area contributed by atoms with Gasteiger partial charge in [0, 0.05) is 0 Å². The molecule has 146 valence electrons. The SMILES string of the molecule is Cc1nc2c(cnn2-c2ccccc2)c(=O)n1C(C)C(=O)OC1CCCCC1. The molecule has 1 aromatic carbocycles. The van der Waals surface area contributed by atoms with Crippen LogP contribution in [0.2, 0.25) is 0 Å². The maximum absolute atomic E-state index is 13.1. The van der Waals surface area contributed by atoms with Crippen LogP contribution in [-0.2, 0) is 9.53 Å². The molecular weight excluding hydrogens is 356 g/mol. The molecule has 3 aromatic rings. The van der Waals surface area contributed by atoms with Crippen LogP contribution in [0.5, 0.6) is 0 Å². The molecule has 1 fully saturated rings. The summed E-state index contributed by atoms with van der Waals surface area (Å²) >= 11 is 0. The van der Waals surface area contributed by atoms with Gasteiger partial charge in [-0.15, -0.1) is 0 Å². The van der Waals surface area contributed by atoms with E-state index in [0.29, 0.717) is 16.9 Å². The second kappa shape index (κ2) is 7.58. The Morgan fingerprint density at radius 1 is 1.18 bits per heavy atom. The Balaban J connectivity index is 1.68. The molecule has 2 heterocycles. The molecule has 0 N–H and O–H groups in total. The highest BCUT2D eigenvalue weighted by Crippen LogP contribution is 2.22. The van der Waals surface area contributed by atoms with Crippen molar-refractivity contribution < 1.29 is 9.53 Å². The second-order valence-electron chi connectivity index (χ2n) is 7.34. The normalized spacial score (nSPS) is 16.2. The van der Waals surface area contributed by atoms with Gasteiger partial charge in [0.05, 0.1) is 11.9 Å². The van der Waals surface area contributed by atoms with Crippen molar-refractivity contribution in [2.45, 2.75) is 58.1 Å². The fraction of sp³-hybridized carbons (Fsp3) is 0.429. The summed E-state index contributed by atoms with van der Waals surface area (Å²) in [6.07, 6.45) is 6.61. The van der Waals surface area contributed by atoms with E-state index in [1.54, 1.807) is 18.5 Å². The van der Waals surface area contributed by atoms with E-state index in [0.717, 1.165) is 31.4 Å². The highest BCUT2D eigenvalue weighted by Gasteiger charge is 2.26. The Hall–Kier alpha value is -2.96. The minimum absolute atomic E-state index is 0.0442. The van der Waals surface area contributed by atoms with Crippen molar-refractivity contribution in [3.8, 4) is 5.69 Å². The standard InChI is InChI=1S/C21H24N4O3/c1-14(21(27)28-17-11-7-4-8-12-17)24-15(2)23-19-18(20(24)26)13-22-25(19)16-9-5-3-6-10-16/h3,5-6,9-10,13-14,17H,4,7-8,11-12H2,1-2H3. The summed E-state index contributed by atoms with van der Waals surface area (Å²) in [5.41, 5.74) is 1.03. The average Bonchev–Trinajstić information content (AvgIpc) is 3.13. The number of ether oxygens (including phenoxy) is 1. The van der Waals surface area contributed by atoms with E-state index in [4.69, 9.17) is 4.74 Å². The van der Waals surface area contributed by atoms with Crippen LogP contribution in [-0.4, -0.2) is 31.4 Å². The molecule has 0 spiro atoms. The highest BCUT2D eigenvalue weighted by atomic mass is 16.5. The Morgan fingerprint density at radius 2 is 1.89 bits per heavy atom. The minimum Gasteiger partial charge on any atom is -0.461 e. The van der Waals surface area contributed by atoms with Gasteiger partial charge >= 0.3 is 5.97 Å². The van der Waals surface area contributed by atoms with Crippen molar-refractivity contribution in [3.63, 3.8) is 0 Å². The first-order valence-electron chi connectivity index (χ1n) is 9.79. The second-order valence-corrected chi connectivity index (χ2v) is 7.34. The number of aromatic nitrogens is 4. The third-order valence-electron chi connectivity index (χ3n) is 5.37. The number of benzene rings is 1. The van der Waals surface area contributed by atoms with Crippen molar-refractivity contribution in [2.75, 3.05) is 0 Å². The number of hydrogen-bond acceptors (Lipinski definition) is 5. The summed E-state index contributed by atoms with van der Waals surface area (Å²) in [7, 11) is 0. The fourth-order valence-corrected chi connectivity index (χ4v) is 3.85. The van der Waals surface area contributed by atoms with Crippen LogP contribution in [0, 0.1) is 6.92 Å². The van der Waals surface area contributed by atoms with Crippen LogP contribution < -0.4 is 5.56 Å². The molecule has 0 aliphatic heterocycles. The molecule has 1 unspecified atom stereocenters. The number of para-hydroxylation sites is 1. The van der Waals surface area contributed by atoms with Gasteiger partial charge in [0.25, 0.3) is 5.56 Å². The van der Waals surface area contributed by atoms with Gasteiger partial charge in [0.15, 0.2) is 5.65 Å². The van der Waals surface area contributed by atoms with Gasteiger partial charge in [-0.25, -0.2) is 14.5 Å². The zero-order valence-electron chi connectivity index (χ0n) is 16.2. The van der Waals surface area contributed by atoms with Crippen molar-refractivity contribution in [1.29, 1.82) is 0 Å². The van der Waals surface area contributed by atoms with Crippen molar-refractivity contribution in [2.24, 2.45) is 0 Å². The number of fused-ring (bicyclic) bond motifs is 1. The molecule has 0 amide bonds. The Bertz CT molecular complexity index is 1050. The first-order valence-corrected chi connectivity index (χ1v) is 9.79. The van der Waals surface area contributed by atoms with Crippen LogP contribution >= 0.6 is 0 Å². The largest absolute Gasteiger partial charge is 0.461 e. The lowest BCUT2D eigenvalue weighted by Gasteiger charge is -2.24. The predicted molar refractivity (Wildman–Crippen MR) is 106 cm³/mol. The molecule has 4 rings (SSSR count). The predicted octanol–water partition coefficient (Wildman–Crippen LogP) is 3.33. The van der Waals surface area contributed by atoms with Gasteiger partial charge in [-0.2, -0.15) is 5.10 Å². The number of rotatable bonds is 4. The summed E-state index contributed by atoms with van der Waals surface area (Å²) in [6.45, 7) is 3.42. The van der Waals surface area contributed by atoms with Gasteiger partial charge in [0.1, 0.15) is 23.4 Å². The number of carbonyl (C=O) groups is 1. The zero-order chi connectivity index (χ0) is 19.7. The Morgan fingerprint density at radius 3 is 2.61 bits per heavy atom. The van der Waals surface area contributed by atoms with Gasteiger partial charge in [-0.3, -0.25) is 9.36 Å². The number of carbonyl (C=O) groups excluding carboxylic acids is 1. The number of nitrogens with zero attached hydrogens (tertiary/aromatic N) is 4. The van der Waals surface area contributed by atoms with Crippen LogP contribution in [0.1, 0.15) is 50.9 Å². The van der Waals surface area contributed by atoms with E-state index >= 15 is 0 Å². The van der Waals surface area contributed by atoms with Crippen LogP contribution in [0.25, 0.3) is 16.7 Å². The first-order chi connectivity index (χ1) is 13.6. The average molecular weight is 380 g/mol.